The second-order valence-electron chi connectivity index (χ2n) is 12.8. The summed E-state index contributed by atoms with van der Waals surface area (Å²) < 4.78 is 6.05. The molecule has 0 aromatic heterocycles. The van der Waals surface area contributed by atoms with E-state index in [0.29, 0.717) is 0 Å². The van der Waals surface area contributed by atoms with Crippen molar-refractivity contribution in [2.24, 2.45) is 16.7 Å². The van der Waals surface area contributed by atoms with Crippen LogP contribution in [0, 0.1) is 44.4 Å². The molecule has 0 fully saturated rings. The third kappa shape index (κ3) is 7.25. The van der Waals surface area contributed by atoms with Gasteiger partial charge in [0.15, 0.2) is 0 Å². The molecule has 3 aromatic carbocycles. The smallest absolute Gasteiger partial charge is 0.309 e. The number of para-hydroxylation sites is 1. The fourth-order valence-corrected chi connectivity index (χ4v) is 4.61. The predicted octanol–water partition coefficient (Wildman–Crippen LogP) is 9.53. The molecule has 0 aliphatic carbocycles. The summed E-state index contributed by atoms with van der Waals surface area (Å²) in [5, 5.41) is 0. The Balaban J connectivity index is 2.02. The zero-order chi connectivity index (χ0) is 27.5. The molecule has 3 rings (SSSR count). The Labute approximate surface area is 224 Å². The molecule has 0 bridgehead atoms. The molecule has 37 heavy (non-hydrogen) atoms. The first kappa shape index (κ1) is 28.5. The van der Waals surface area contributed by atoms with Crippen LogP contribution >= 0.6 is 0 Å². The van der Waals surface area contributed by atoms with Crippen LogP contribution in [0.15, 0.2) is 60.7 Å². The van der Waals surface area contributed by atoms with Crippen LogP contribution in [0.2, 0.25) is 0 Å². The molecule has 0 aliphatic rings. The van der Waals surface area contributed by atoms with E-state index in [1.165, 1.54) is 22.3 Å². The van der Waals surface area contributed by atoms with Crippen LogP contribution in [0.25, 0.3) is 0 Å². The first-order valence-corrected chi connectivity index (χ1v) is 13.4. The molecule has 198 valence electrons. The summed E-state index contributed by atoms with van der Waals surface area (Å²) in [5.41, 5.74) is 9.05. The van der Waals surface area contributed by atoms with Crippen molar-refractivity contribution in [1.82, 2.24) is 0 Å². The van der Waals surface area contributed by atoms with Crippen molar-refractivity contribution >= 4 is 23.0 Å². The lowest BCUT2D eigenvalue weighted by atomic mass is 9.72. The highest BCUT2D eigenvalue weighted by Crippen LogP contribution is 2.40. The maximum atomic E-state index is 13.4. The number of carbonyl (C=O) groups excluding carboxylic acids is 1. The predicted molar refractivity (Wildman–Crippen MR) is 157 cm³/mol. The topological polar surface area (TPSA) is 29.5 Å². The van der Waals surface area contributed by atoms with Crippen molar-refractivity contribution in [3.05, 3.63) is 88.5 Å². The van der Waals surface area contributed by atoms with E-state index in [1.54, 1.807) is 0 Å². The van der Waals surface area contributed by atoms with Crippen LogP contribution in [0.4, 0.5) is 17.1 Å². The van der Waals surface area contributed by atoms with Gasteiger partial charge in [-0.3, -0.25) is 4.79 Å². The molecule has 3 aromatic rings. The Bertz CT molecular complexity index is 1190. The van der Waals surface area contributed by atoms with Gasteiger partial charge < -0.3 is 9.64 Å². The van der Waals surface area contributed by atoms with Crippen LogP contribution < -0.4 is 4.90 Å². The SMILES string of the molecule is Cc1ccc(N(c2ccc(C)c(C)c2)c2ccccc2COC(=O)C(CC(C)(C)C)C(C)(C)C)cc1C. The van der Waals surface area contributed by atoms with Crippen molar-refractivity contribution in [3.8, 4) is 0 Å². The lowest BCUT2D eigenvalue weighted by Gasteiger charge is -2.34. The minimum Gasteiger partial charge on any atom is -0.460 e. The Morgan fingerprint density at radius 1 is 0.757 bits per heavy atom. The fraction of sp³-hybridized carbons (Fsp3) is 0.441. The van der Waals surface area contributed by atoms with Gasteiger partial charge in [-0.15, -0.1) is 0 Å². The largest absolute Gasteiger partial charge is 0.460 e. The van der Waals surface area contributed by atoms with E-state index < -0.39 is 0 Å². The minimum atomic E-state index is -0.172. The molecule has 0 saturated heterocycles. The van der Waals surface area contributed by atoms with Gasteiger partial charge in [-0.2, -0.15) is 0 Å². The van der Waals surface area contributed by atoms with E-state index in [1.807, 2.05) is 12.1 Å². The molecule has 0 aliphatic heterocycles. The van der Waals surface area contributed by atoms with E-state index in [2.05, 4.69) is 123 Å². The minimum absolute atomic E-state index is 0.0400. The molecular weight excluding hydrogens is 454 g/mol. The first-order valence-electron chi connectivity index (χ1n) is 13.4. The van der Waals surface area contributed by atoms with E-state index in [-0.39, 0.29) is 29.3 Å². The summed E-state index contributed by atoms with van der Waals surface area (Å²) >= 11 is 0. The number of rotatable bonds is 7. The Morgan fingerprint density at radius 3 is 1.73 bits per heavy atom. The van der Waals surface area contributed by atoms with E-state index in [0.717, 1.165) is 29.0 Å². The molecule has 1 atom stereocenters. The van der Waals surface area contributed by atoms with Crippen molar-refractivity contribution in [1.29, 1.82) is 0 Å². The molecular formula is C34H45NO2. The number of hydrogen-bond donors (Lipinski definition) is 0. The van der Waals surface area contributed by atoms with E-state index in [9.17, 15) is 4.79 Å². The maximum absolute atomic E-state index is 13.4. The Morgan fingerprint density at radius 2 is 1.27 bits per heavy atom. The normalized spacial score (nSPS) is 12.8. The van der Waals surface area contributed by atoms with Crippen LogP contribution in [0.3, 0.4) is 0 Å². The first-order chi connectivity index (χ1) is 17.2. The number of nitrogens with zero attached hydrogens (tertiary/aromatic N) is 1. The number of esters is 1. The quantitative estimate of drug-likeness (QED) is 0.303. The van der Waals surface area contributed by atoms with E-state index >= 15 is 0 Å². The number of carbonyl (C=O) groups is 1. The zero-order valence-corrected chi connectivity index (χ0v) is 24.5. The lowest BCUT2D eigenvalue weighted by molar-refractivity contribution is -0.155. The molecule has 1 unspecified atom stereocenters. The van der Waals surface area contributed by atoms with Crippen molar-refractivity contribution < 1.29 is 9.53 Å². The summed E-state index contributed by atoms with van der Waals surface area (Å²) in [5.74, 6) is -0.295. The zero-order valence-electron chi connectivity index (χ0n) is 24.5. The number of benzene rings is 3. The second-order valence-corrected chi connectivity index (χ2v) is 12.8. The summed E-state index contributed by atoms with van der Waals surface area (Å²) in [7, 11) is 0. The summed E-state index contributed by atoms with van der Waals surface area (Å²) in [4.78, 5) is 15.7. The van der Waals surface area contributed by atoms with Gasteiger partial charge in [0.25, 0.3) is 0 Å². The third-order valence-electron chi connectivity index (χ3n) is 7.25. The summed E-state index contributed by atoms with van der Waals surface area (Å²) in [6.45, 7) is 21.7. The van der Waals surface area contributed by atoms with Gasteiger partial charge in [0.05, 0.1) is 11.6 Å². The van der Waals surface area contributed by atoms with Crippen LogP contribution in [0.1, 0.15) is 75.8 Å². The average Bonchev–Trinajstić information content (AvgIpc) is 2.80. The van der Waals surface area contributed by atoms with Gasteiger partial charge in [0, 0.05) is 16.9 Å². The summed E-state index contributed by atoms with van der Waals surface area (Å²) in [6.07, 6.45) is 0.786. The van der Waals surface area contributed by atoms with Gasteiger partial charge in [-0.1, -0.05) is 71.9 Å². The molecule has 0 saturated carbocycles. The number of ether oxygens (including phenoxy) is 1. The molecule has 3 heteroatoms. The van der Waals surface area contributed by atoms with E-state index in [4.69, 9.17) is 4.74 Å². The molecule has 0 radical (unpaired) electrons. The number of hydrogen-bond acceptors (Lipinski definition) is 3. The van der Waals surface area contributed by atoms with Crippen molar-refractivity contribution in [2.45, 2.75) is 82.3 Å². The highest BCUT2D eigenvalue weighted by molar-refractivity contribution is 5.80. The number of anilines is 3. The molecule has 0 heterocycles. The Kier molecular flexibility index (Phi) is 8.57. The van der Waals surface area contributed by atoms with Gasteiger partial charge in [-0.25, -0.2) is 0 Å². The third-order valence-corrected chi connectivity index (χ3v) is 7.25. The highest BCUT2D eigenvalue weighted by Gasteiger charge is 2.36. The standard InChI is InChI=1S/C34H45NO2/c1-23-15-17-28(19-25(23)3)35(29-18-16-24(2)26(4)20-29)31-14-12-11-13-27(31)22-37-32(36)30(34(8,9)10)21-33(5,6)7/h11-20,30H,21-22H2,1-10H3. The van der Waals surface area contributed by atoms with Crippen LogP contribution in [-0.4, -0.2) is 5.97 Å². The van der Waals surface area contributed by atoms with Crippen molar-refractivity contribution in [3.63, 3.8) is 0 Å². The van der Waals surface area contributed by atoms with Crippen LogP contribution in [-0.2, 0) is 16.1 Å². The second kappa shape index (κ2) is 11.1. The van der Waals surface area contributed by atoms with Gasteiger partial charge in [0.2, 0.25) is 0 Å². The molecule has 0 amide bonds. The molecule has 0 N–H and O–H groups in total. The monoisotopic (exact) mass is 499 g/mol. The highest BCUT2D eigenvalue weighted by atomic mass is 16.5. The van der Waals surface area contributed by atoms with Gasteiger partial charge in [0.1, 0.15) is 6.61 Å². The maximum Gasteiger partial charge on any atom is 0.309 e. The number of aryl methyl sites for hydroxylation is 4. The molecule has 0 spiro atoms. The van der Waals surface area contributed by atoms with Gasteiger partial charge in [-0.05, 0) is 97.5 Å². The fourth-order valence-electron chi connectivity index (χ4n) is 4.61. The Hall–Kier alpha value is -3.07. The summed E-state index contributed by atoms with van der Waals surface area (Å²) in [6, 6.07) is 21.4. The van der Waals surface area contributed by atoms with Crippen molar-refractivity contribution in [2.75, 3.05) is 4.90 Å². The average molecular weight is 500 g/mol. The van der Waals surface area contributed by atoms with Gasteiger partial charge >= 0.3 is 5.97 Å². The lowest BCUT2D eigenvalue weighted by Crippen LogP contribution is -2.33. The van der Waals surface area contributed by atoms with Crippen LogP contribution in [0.5, 0.6) is 0 Å². The molecule has 3 nitrogen and oxygen atoms in total.